The maximum atomic E-state index is 13.5. The lowest BCUT2D eigenvalue weighted by Crippen LogP contribution is -2.23. The number of carbonyl (C=O) groups is 4. The fraction of sp³-hybridized carbons (Fsp3) is 0.111. The third-order valence-corrected chi connectivity index (χ3v) is 6.76. The lowest BCUT2D eigenvalue weighted by molar-refractivity contribution is -0.132. The van der Waals surface area contributed by atoms with Crippen LogP contribution in [-0.2, 0) is 19.1 Å². The maximum absolute atomic E-state index is 13.5. The normalized spacial score (nSPS) is 12.3. The number of carboxylic acid groups (broad SMARTS) is 2. The van der Waals surface area contributed by atoms with E-state index < -0.39 is 36.1 Å². The molecule has 0 aliphatic rings. The number of esters is 2. The van der Waals surface area contributed by atoms with Crippen molar-refractivity contribution < 1.29 is 48.3 Å². The van der Waals surface area contributed by atoms with E-state index in [2.05, 4.69) is 0 Å². The molecule has 2 atom stereocenters. The van der Waals surface area contributed by atoms with E-state index in [0.717, 1.165) is 12.2 Å². The second-order valence-corrected chi connectivity index (χ2v) is 9.79. The summed E-state index contributed by atoms with van der Waals surface area (Å²) in [6, 6.07) is 25.8. The first-order valence-electron chi connectivity index (χ1n) is 13.9. The van der Waals surface area contributed by atoms with Gasteiger partial charge in [0.1, 0.15) is 11.5 Å². The summed E-state index contributed by atoms with van der Waals surface area (Å²) in [7, 11) is 3.01. The molecule has 0 saturated heterocycles. The van der Waals surface area contributed by atoms with Crippen LogP contribution in [0.3, 0.4) is 0 Å². The molecule has 4 aromatic rings. The second-order valence-electron chi connectivity index (χ2n) is 9.79. The Labute approximate surface area is 264 Å². The predicted octanol–water partition coefficient (Wildman–Crippen LogP) is 6.40. The molecule has 0 saturated carbocycles. The highest BCUT2D eigenvalue weighted by Gasteiger charge is 2.33. The summed E-state index contributed by atoms with van der Waals surface area (Å²) in [5, 5.41) is 18.0. The molecule has 0 aliphatic heterocycles. The van der Waals surface area contributed by atoms with E-state index in [1.807, 2.05) is 0 Å². The van der Waals surface area contributed by atoms with Crippen molar-refractivity contribution in [3.05, 3.63) is 143 Å². The maximum Gasteiger partial charge on any atom is 0.338 e. The number of ether oxygens (including phenoxy) is 4. The van der Waals surface area contributed by atoms with Gasteiger partial charge in [-0.25, -0.2) is 19.2 Å². The van der Waals surface area contributed by atoms with E-state index in [1.165, 1.54) is 26.4 Å². The van der Waals surface area contributed by atoms with Gasteiger partial charge in [-0.2, -0.15) is 0 Å². The van der Waals surface area contributed by atoms with Crippen LogP contribution >= 0.6 is 0 Å². The summed E-state index contributed by atoms with van der Waals surface area (Å²) in [4.78, 5) is 49.0. The third kappa shape index (κ3) is 8.93. The number of carboxylic acids is 2. The standard InChI is InChI=1S/C36H30O10/c1-43-29-17-13-27(14-18-29)35(41)45-33(25-9-3-23(4-10-25)7-21-31(37)38)34(26-11-5-24(6-12-26)8-22-32(39)40)46-36(42)28-15-19-30(44-2)20-16-28/h3-22,33-34H,1-2H3,(H,37,38)(H,39,40). The number of aliphatic carboxylic acids is 2. The number of rotatable bonds is 13. The van der Waals surface area contributed by atoms with E-state index in [1.54, 1.807) is 97.1 Å². The molecule has 0 amide bonds. The van der Waals surface area contributed by atoms with Gasteiger partial charge >= 0.3 is 23.9 Å². The van der Waals surface area contributed by atoms with Gasteiger partial charge in [0.25, 0.3) is 0 Å². The fourth-order valence-electron chi connectivity index (χ4n) is 4.36. The zero-order chi connectivity index (χ0) is 33.1. The first kappa shape index (κ1) is 32.7. The van der Waals surface area contributed by atoms with Crippen LogP contribution in [0.25, 0.3) is 12.2 Å². The average Bonchev–Trinajstić information content (AvgIpc) is 3.08. The molecule has 10 heteroatoms. The minimum atomic E-state index is -1.17. The largest absolute Gasteiger partial charge is 0.497 e. The lowest BCUT2D eigenvalue weighted by Gasteiger charge is -2.28. The molecule has 0 aliphatic carbocycles. The van der Waals surface area contributed by atoms with Crippen LogP contribution < -0.4 is 9.47 Å². The second kappa shape index (κ2) is 15.5. The van der Waals surface area contributed by atoms with Gasteiger partial charge in [0.05, 0.1) is 25.3 Å². The van der Waals surface area contributed by atoms with Crippen molar-refractivity contribution >= 4 is 36.0 Å². The van der Waals surface area contributed by atoms with E-state index >= 15 is 0 Å². The molecular formula is C36H30O10. The SMILES string of the molecule is COc1ccc(C(=O)OC(c2ccc(C=CC(=O)O)cc2)C(OC(=O)c2ccc(OC)cc2)c2ccc(C=CC(=O)O)cc2)cc1. The van der Waals surface area contributed by atoms with Crippen molar-refractivity contribution in [3.63, 3.8) is 0 Å². The molecule has 234 valence electrons. The average molecular weight is 623 g/mol. The van der Waals surface area contributed by atoms with E-state index in [4.69, 9.17) is 29.2 Å². The Morgan fingerprint density at radius 1 is 0.522 bits per heavy atom. The van der Waals surface area contributed by atoms with Gasteiger partial charge in [-0.1, -0.05) is 48.5 Å². The Bertz CT molecular complexity index is 1590. The number of benzene rings is 4. The highest BCUT2D eigenvalue weighted by Crippen LogP contribution is 2.37. The summed E-state index contributed by atoms with van der Waals surface area (Å²) in [5.74, 6) is -2.53. The molecular weight excluding hydrogens is 592 g/mol. The fourth-order valence-corrected chi connectivity index (χ4v) is 4.36. The van der Waals surface area contributed by atoms with Crippen molar-refractivity contribution in [1.29, 1.82) is 0 Å². The molecule has 4 aromatic carbocycles. The number of carbonyl (C=O) groups excluding carboxylic acids is 2. The molecule has 10 nitrogen and oxygen atoms in total. The van der Waals surface area contributed by atoms with Gasteiger partial charge in [-0.05, 0) is 82.9 Å². The van der Waals surface area contributed by atoms with Crippen molar-refractivity contribution in [1.82, 2.24) is 0 Å². The van der Waals surface area contributed by atoms with Crippen molar-refractivity contribution in [3.8, 4) is 11.5 Å². The Hall–Kier alpha value is -6.16. The molecule has 2 unspecified atom stereocenters. The summed E-state index contributed by atoms with van der Waals surface area (Å²) in [5.41, 5.74) is 2.51. The first-order chi connectivity index (χ1) is 22.2. The van der Waals surface area contributed by atoms with Crippen LogP contribution in [0.4, 0.5) is 0 Å². The molecule has 4 rings (SSSR count). The monoisotopic (exact) mass is 622 g/mol. The van der Waals surface area contributed by atoms with Crippen molar-refractivity contribution in [2.24, 2.45) is 0 Å². The van der Waals surface area contributed by atoms with Gasteiger partial charge in [0.15, 0.2) is 12.2 Å². The number of hydrogen-bond donors (Lipinski definition) is 2. The molecule has 2 N–H and O–H groups in total. The highest BCUT2D eigenvalue weighted by atomic mass is 16.6. The zero-order valence-corrected chi connectivity index (χ0v) is 24.9. The molecule has 0 bridgehead atoms. The van der Waals surface area contributed by atoms with Gasteiger partial charge in [-0.3, -0.25) is 0 Å². The number of methoxy groups -OCH3 is 2. The van der Waals surface area contributed by atoms with E-state index in [-0.39, 0.29) is 11.1 Å². The van der Waals surface area contributed by atoms with Crippen LogP contribution in [-0.4, -0.2) is 48.3 Å². The zero-order valence-electron chi connectivity index (χ0n) is 24.9. The Kier molecular flexibility index (Phi) is 11.1. The molecule has 0 spiro atoms. The van der Waals surface area contributed by atoms with Gasteiger partial charge in [0.2, 0.25) is 0 Å². The quantitative estimate of drug-likeness (QED) is 0.127. The van der Waals surface area contributed by atoms with Crippen LogP contribution in [0.5, 0.6) is 11.5 Å². The highest BCUT2D eigenvalue weighted by molar-refractivity contribution is 5.91. The van der Waals surface area contributed by atoms with E-state index in [0.29, 0.717) is 33.8 Å². The molecule has 0 heterocycles. The first-order valence-corrected chi connectivity index (χ1v) is 13.9. The Balaban J connectivity index is 1.78. The minimum Gasteiger partial charge on any atom is -0.497 e. The van der Waals surface area contributed by atoms with Gasteiger partial charge in [0, 0.05) is 12.2 Å². The van der Waals surface area contributed by atoms with Crippen LogP contribution in [0.2, 0.25) is 0 Å². The van der Waals surface area contributed by atoms with Gasteiger partial charge in [-0.15, -0.1) is 0 Å². The topological polar surface area (TPSA) is 146 Å². The Morgan fingerprint density at radius 3 is 1.13 bits per heavy atom. The minimum absolute atomic E-state index is 0.223. The van der Waals surface area contributed by atoms with Crippen LogP contribution in [0, 0.1) is 0 Å². The van der Waals surface area contributed by atoms with Crippen LogP contribution in [0.1, 0.15) is 55.2 Å². The summed E-state index contributed by atoms with van der Waals surface area (Å²) < 4.78 is 22.5. The van der Waals surface area contributed by atoms with Crippen molar-refractivity contribution in [2.45, 2.75) is 12.2 Å². The van der Waals surface area contributed by atoms with Gasteiger partial charge < -0.3 is 29.2 Å². The number of hydrogen-bond acceptors (Lipinski definition) is 8. The summed E-state index contributed by atoms with van der Waals surface area (Å²) in [6.07, 6.45) is 2.47. The molecule has 0 fully saturated rings. The molecule has 0 aromatic heterocycles. The Morgan fingerprint density at radius 2 is 0.848 bits per heavy atom. The predicted molar refractivity (Wildman–Crippen MR) is 169 cm³/mol. The lowest BCUT2D eigenvalue weighted by atomic mass is 9.95. The van der Waals surface area contributed by atoms with E-state index in [9.17, 15) is 19.2 Å². The smallest absolute Gasteiger partial charge is 0.338 e. The van der Waals surface area contributed by atoms with Crippen molar-refractivity contribution in [2.75, 3.05) is 14.2 Å². The summed E-state index contributed by atoms with van der Waals surface area (Å²) in [6.45, 7) is 0. The summed E-state index contributed by atoms with van der Waals surface area (Å²) >= 11 is 0. The molecule has 46 heavy (non-hydrogen) atoms. The third-order valence-electron chi connectivity index (χ3n) is 6.76. The van der Waals surface area contributed by atoms with Crippen LogP contribution in [0.15, 0.2) is 109 Å². The molecule has 0 radical (unpaired) electrons.